The normalized spacial score (nSPS) is 19.4. The SMILES string of the molecule is C[C@@H]1CCCN1CC(=O)Nc1cc2nc(-c3cnc4n3CCNC4)ccc2cn1. The van der Waals surface area contributed by atoms with E-state index in [9.17, 15) is 4.79 Å². The fourth-order valence-electron chi connectivity index (χ4n) is 4.22. The maximum Gasteiger partial charge on any atom is 0.239 e. The minimum Gasteiger partial charge on any atom is -0.324 e. The van der Waals surface area contributed by atoms with Gasteiger partial charge in [-0.15, -0.1) is 0 Å². The van der Waals surface area contributed by atoms with E-state index in [-0.39, 0.29) is 5.91 Å². The van der Waals surface area contributed by atoms with Crippen molar-refractivity contribution in [3.8, 4) is 11.4 Å². The lowest BCUT2D eigenvalue weighted by Gasteiger charge is -2.19. The molecule has 8 nitrogen and oxygen atoms in total. The first-order valence-corrected chi connectivity index (χ1v) is 10.2. The van der Waals surface area contributed by atoms with E-state index in [2.05, 4.69) is 37.0 Å². The molecule has 0 aliphatic carbocycles. The third-order valence-corrected chi connectivity index (χ3v) is 5.87. The molecule has 1 saturated heterocycles. The van der Waals surface area contributed by atoms with Gasteiger partial charge in [-0.1, -0.05) is 0 Å². The molecule has 3 aromatic heterocycles. The van der Waals surface area contributed by atoms with Crippen molar-refractivity contribution in [2.45, 2.75) is 38.9 Å². The highest BCUT2D eigenvalue weighted by Gasteiger charge is 2.22. The quantitative estimate of drug-likeness (QED) is 0.708. The molecule has 0 saturated carbocycles. The zero-order valence-electron chi connectivity index (χ0n) is 16.6. The highest BCUT2D eigenvalue weighted by atomic mass is 16.2. The average Bonchev–Trinajstić information content (AvgIpc) is 3.34. The summed E-state index contributed by atoms with van der Waals surface area (Å²) in [5.74, 6) is 1.55. The smallest absolute Gasteiger partial charge is 0.239 e. The van der Waals surface area contributed by atoms with Crippen molar-refractivity contribution in [2.24, 2.45) is 0 Å². The second-order valence-corrected chi connectivity index (χ2v) is 7.86. The van der Waals surface area contributed by atoms with Crippen LogP contribution in [0, 0.1) is 0 Å². The summed E-state index contributed by atoms with van der Waals surface area (Å²) in [6.45, 7) is 6.16. The summed E-state index contributed by atoms with van der Waals surface area (Å²) >= 11 is 0. The van der Waals surface area contributed by atoms with Gasteiger partial charge in [-0.2, -0.15) is 0 Å². The van der Waals surface area contributed by atoms with Crippen molar-refractivity contribution in [1.29, 1.82) is 0 Å². The molecule has 5 heterocycles. The molecule has 1 amide bonds. The lowest BCUT2D eigenvalue weighted by molar-refractivity contribution is -0.117. The zero-order valence-corrected chi connectivity index (χ0v) is 16.6. The van der Waals surface area contributed by atoms with E-state index < -0.39 is 0 Å². The minimum absolute atomic E-state index is 0.0286. The number of anilines is 1. The second kappa shape index (κ2) is 7.53. The third-order valence-electron chi connectivity index (χ3n) is 5.87. The Hall–Kier alpha value is -2.84. The summed E-state index contributed by atoms with van der Waals surface area (Å²) in [6.07, 6.45) is 5.96. The van der Waals surface area contributed by atoms with Crippen LogP contribution in [0.25, 0.3) is 22.3 Å². The minimum atomic E-state index is -0.0286. The molecule has 5 rings (SSSR count). The van der Waals surface area contributed by atoms with E-state index in [1.54, 1.807) is 6.20 Å². The van der Waals surface area contributed by atoms with Crippen molar-refractivity contribution < 1.29 is 4.79 Å². The van der Waals surface area contributed by atoms with E-state index in [1.807, 2.05) is 24.4 Å². The van der Waals surface area contributed by atoms with Crippen LogP contribution >= 0.6 is 0 Å². The number of carbonyl (C=O) groups is 1. The van der Waals surface area contributed by atoms with Gasteiger partial charge in [-0.25, -0.2) is 15.0 Å². The maximum absolute atomic E-state index is 12.4. The van der Waals surface area contributed by atoms with Gasteiger partial charge in [0.1, 0.15) is 11.6 Å². The van der Waals surface area contributed by atoms with E-state index in [0.717, 1.165) is 67.1 Å². The van der Waals surface area contributed by atoms with Crippen molar-refractivity contribution in [1.82, 2.24) is 29.7 Å². The molecule has 2 aliphatic rings. The lowest BCUT2D eigenvalue weighted by Crippen LogP contribution is -2.35. The number of nitrogens with one attached hydrogen (secondary N) is 2. The molecule has 2 N–H and O–H groups in total. The van der Waals surface area contributed by atoms with Gasteiger partial charge in [0.15, 0.2) is 0 Å². The summed E-state index contributed by atoms with van der Waals surface area (Å²) in [4.78, 5) is 28.4. The molecule has 0 bridgehead atoms. The van der Waals surface area contributed by atoms with Crippen LogP contribution in [0.4, 0.5) is 5.82 Å². The Morgan fingerprint density at radius 1 is 1.28 bits per heavy atom. The molecule has 0 aromatic carbocycles. The molecule has 3 aromatic rings. The molecule has 150 valence electrons. The Morgan fingerprint density at radius 3 is 3.07 bits per heavy atom. The average molecular weight is 391 g/mol. The molecule has 29 heavy (non-hydrogen) atoms. The van der Waals surface area contributed by atoms with E-state index in [1.165, 1.54) is 0 Å². The number of amides is 1. The largest absolute Gasteiger partial charge is 0.324 e. The summed E-state index contributed by atoms with van der Waals surface area (Å²) in [5.41, 5.74) is 2.72. The summed E-state index contributed by atoms with van der Waals surface area (Å²) < 4.78 is 2.21. The Balaban J connectivity index is 1.38. The number of hydrogen-bond donors (Lipinski definition) is 2. The summed E-state index contributed by atoms with van der Waals surface area (Å²) in [6, 6.07) is 6.33. The second-order valence-electron chi connectivity index (χ2n) is 7.86. The molecular weight excluding hydrogens is 366 g/mol. The van der Waals surface area contributed by atoms with Crippen molar-refractivity contribution in [3.05, 3.63) is 36.4 Å². The van der Waals surface area contributed by atoms with Crippen LogP contribution < -0.4 is 10.6 Å². The predicted molar refractivity (Wildman–Crippen MR) is 111 cm³/mol. The number of imidazole rings is 1. The van der Waals surface area contributed by atoms with Crippen LogP contribution in [0.3, 0.4) is 0 Å². The highest BCUT2D eigenvalue weighted by Crippen LogP contribution is 2.24. The summed E-state index contributed by atoms with van der Waals surface area (Å²) in [5, 5.41) is 7.21. The monoisotopic (exact) mass is 391 g/mol. The van der Waals surface area contributed by atoms with E-state index in [0.29, 0.717) is 18.4 Å². The van der Waals surface area contributed by atoms with E-state index in [4.69, 9.17) is 4.98 Å². The number of likely N-dealkylation sites (tertiary alicyclic amines) is 1. The molecule has 0 spiro atoms. The molecular formula is C21H25N7O. The van der Waals surface area contributed by atoms with Crippen molar-refractivity contribution in [2.75, 3.05) is 25.0 Å². The highest BCUT2D eigenvalue weighted by molar-refractivity contribution is 5.93. The predicted octanol–water partition coefficient (Wildman–Crippen LogP) is 2.02. The number of carbonyl (C=O) groups excluding carboxylic acids is 1. The van der Waals surface area contributed by atoms with Gasteiger partial charge in [0, 0.05) is 36.8 Å². The number of rotatable bonds is 4. The molecule has 8 heteroatoms. The molecule has 1 fully saturated rings. The van der Waals surface area contributed by atoms with Gasteiger partial charge in [-0.05, 0) is 38.4 Å². The fourth-order valence-corrected chi connectivity index (χ4v) is 4.22. The van der Waals surface area contributed by atoms with Gasteiger partial charge in [0.2, 0.25) is 5.91 Å². The molecule has 0 radical (unpaired) electrons. The van der Waals surface area contributed by atoms with Crippen LogP contribution in [-0.2, 0) is 17.9 Å². The zero-order chi connectivity index (χ0) is 19.8. The fraction of sp³-hybridized carbons (Fsp3) is 0.429. The van der Waals surface area contributed by atoms with Gasteiger partial charge in [0.25, 0.3) is 0 Å². The first-order valence-electron chi connectivity index (χ1n) is 10.2. The lowest BCUT2D eigenvalue weighted by atomic mass is 10.2. The van der Waals surface area contributed by atoms with Crippen LogP contribution in [-0.4, -0.2) is 56.0 Å². The summed E-state index contributed by atoms with van der Waals surface area (Å²) in [7, 11) is 0. The number of fused-ring (bicyclic) bond motifs is 2. The van der Waals surface area contributed by atoms with Gasteiger partial charge in [0.05, 0.1) is 36.2 Å². The molecule has 0 unspecified atom stereocenters. The topological polar surface area (TPSA) is 88.0 Å². The first-order chi connectivity index (χ1) is 14.2. The van der Waals surface area contributed by atoms with Crippen LogP contribution in [0.2, 0.25) is 0 Å². The van der Waals surface area contributed by atoms with Gasteiger partial charge in [-0.3, -0.25) is 9.69 Å². The third kappa shape index (κ3) is 3.61. The van der Waals surface area contributed by atoms with Crippen LogP contribution in [0.1, 0.15) is 25.6 Å². The van der Waals surface area contributed by atoms with Gasteiger partial charge < -0.3 is 15.2 Å². The first kappa shape index (κ1) is 18.2. The standard InChI is InChI=1S/C21H25N7O/c1-14-3-2-7-27(14)13-21(29)26-19-9-17-15(10-23-19)4-5-16(25-17)18-11-24-20-12-22-6-8-28(18)20/h4-5,9-11,14,22H,2-3,6-8,12-13H2,1H3,(H,23,26,29)/t14-/m1/s1. The Morgan fingerprint density at radius 2 is 2.21 bits per heavy atom. The van der Waals surface area contributed by atoms with E-state index >= 15 is 0 Å². The van der Waals surface area contributed by atoms with Crippen LogP contribution in [0.5, 0.6) is 0 Å². The maximum atomic E-state index is 12.4. The molecule has 1 atom stereocenters. The van der Waals surface area contributed by atoms with Crippen molar-refractivity contribution >= 4 is 22.6 Å². The number of nitrogens with zero attached hydrogens (tertiary/aromatic N) is 5. The number of hydrogen-bond acceptors (Lipinski definition) is 6. The van der Waals surface area contributed by atoms with Crippen molar-refractivity contribution in [3.63, 3.8) is 0 Å². The van der Waals surface area contributed by atoms with Gasteiger partial charge >= 0.3 is 0 Å². The van der Waals surface area contributed by atoms with Crippen LogP contribution in [0.15, 0.2) is 30.6 Å². The Kier molecular flexibility index (Phi) is 4.73. The molecule has 2 aliphatic heterocycles. The number of aromatic nitrogens is 4. The Labute approximate surface area is 169 Å². The Bertz CT molecular complexity index is 1060. The number of pyridine rings is 2.